The molecule has 3 heterocycles. The van der Waals surface area contributed by atoms with Gasteiger partial charge >= 0.3 is 0 Å². The molecule has 0 spiro atoms. The van der Waals surface area contributed by atoms with Crippen LogP contribution in [0.3, 0.4) is 0 Å². The molecule has 1 aliphatic heterocycles. The first-order chi connectivity index (χ1) is 14.2. The van der Waals surface area contributed by atoms with E-state index in [1.165, 1.54) is 16.8 Å². The van der Waals surface area contributed by atoms with Gasteiger partial charge in [-0.25, -0.2) is 0 Å². The Morgan fingerprint density at radius 3 is 2.90 bits per heavy atom. The minimum atomic E-state index is 0.0584. The van der Waals surface area contributed by atoms with E-state index in [0.717, 1.165) is 43.6 Å². The second-order valence-corrected chi connectivity index (χ2v) is 8.04. The van der Waals surface area contributed by atoms with Crippen LogP contribution < -0.4 is 5.32 Å². The third-order valence-electron chi connectivity index (χ3n) is 6.22. The molecule has 150 valence electrons. The molecule has 1 unspecified atom stereocenters. The van der Waals surface area contributed by atoms with Crippen molar-refractivity contribution < 1.29 is 9.21 Å². The largest absolute Gasteiger partial charge is 0.468 e. The lowest BCUT2D eigenvalue weighted by Crippen LogP contribution is -2.38. The molecule has 1 aromatic carbocycles. The van der Waals surface area contributed by atoms with Gasteiger partial charge in [0.05, 0.1) is 12.8 Å². The maximum absolute atomic E-state index is 13.4. The van der Waals surface area contributed by atoms with Gasteiger partial charge < -0.3 is 14.6 Å². The van der Waals surface area contributed by atoms with Crippen LogP contribution in [0.25, 0.3) is 0 Å². The summed E-state index contributed by atoms with van der Waals surface area (Å²) < 4.78 is 7.33. The Labute approximate surface area is 170 Å². The fraction of sp³-hybridized carbons (Fsp3) is 0.391. The summed E-state index contributed by atoms with van der Waals surface area (Å²) in [6, 6.07) is 12.6. The molecule has 2 aromatic heterocycles. The van der Waals surface area contributed by atoms with Crippen molar-refractivity contribution in [3.63, 3.8) is 0 Å². The van der Waals surface area contributed by atoms with Crippen molar-refractivity contribution >= 4 is 5.91 Å². The molecule has 29 heavy (non-hydrogen) atoms. The van der Waals surface area contributed by atoms with E-state index in [1.54, 1.807) is 6.26 Å². The van der Waals surface area contributed by atoms with E-state index in [-0.39, 0.29) is 5.91 Å². The summed E-state index contributed by atoms with van der Waals surface area (Å²) in [6.45, 7) is 2.13. The topological polar surface area (TPSA) is 63.3 Å². The van der Waals surface area contributed by atoms with Gasteiger partial charge in [-0.2, -0.15) is 5.10 Å². The predicted molar refractivity (Wildman–Crippen MR) is 109 cm³/mol. The normalized spacial score (nSPS) is 18.4. The van der Waals surface area contributed by atoms with Crippen LogP contribution >= 0.6 is 0 Å². The molecule has 0 fully saturated rings. The van der Waals surface area contributed by atoms with E-state index < -0.39 is 0 Å². The number of carbonyl (C=O) groups excluding carboxylic acids is 1. The molecular formula is C23H26N4O2. The van der Waals surface area contributed by atoms with Gasteiger partial charge in [0, 0.05) is 37.4 Å². The monoisotopic (exact) mass is 390 g/mol. The molecule has 1 N–H and O–H groups in total. The molecule has 3 aromatic rings. The standard InChI is InChI=1S/C23H26N4O2/c1-26-21-9-8-18(24-14-19-7-4-12-29-19)13-20(21)22(25-26)23(28)27-11-10-16-5-2-3-6-17(16)15-27/h2-7,12,18,24H,8-11,13-15H2,1H3. The number of carbonyl (C=O) groups is 1. The van der Waals surface area contributed by atoms with Crippen LogP contribution in [-0.4, -0.2) is 33.2 Å². The van der Waals surface area contributed by atoms with Crippen LogP contribution in [0.2, 0.25) is 0 Å². The van der Waals surface area contributed by atoms with Gasteiger partial charge in [-0.05, 0) is 48.9 Å². The molecule has 1 amide bonds. The lowest BCUT2D eigenvalue weighted by Gasteiger charge is -2.29. The second kappa shape index (κ2) is 7.52. The van der Waals surface area contributed by atoms with Crippen molar-refractivity contribution in [3.05, 3.63) is 76.5 Å². The molecule has 1 atom stereocenters. The maximum atomic E-state index is 13.4. The van der Waals surface area contributed by atoms with Gasteiger partial charge in [0.2, 0.25) is 0 Å². The highest BCUT2D eigenvalue weighted by atomic mass is 16.3. The fourth-order valence-corrected chi connectivity index (χ4v) is 4.61. The van der Waals surface area contributed by atoms with Crippen molar-refractivity contribution in [2.45, 2.75) is 44.8 Å². The summed E-state index contributed by atoms with van der Waals surface area (Å²) in [6.07, 6.45) is 5.41. The third kappa shape index (κ3) is 3.49. The minimum Gasteiger partial charge on any atom is -0.468 e. The zero-order chi connectivity index (χ0) is 19.8. The first kappa shape index (κ1) is 18.2. The number of hydrogen-bond donors (Lipinski definition) is 1. The summed E-state index contributed by atoms with van der Waals surface area (Å²) >= 11 is 0. The molecule has 0 bridgehead atoms. The second-order valence-electron chi connectivity index (χ2n) is 8.04. The van der Waals surface area contributed by atoms with Gasteiger partial charge in [0.25, 0.3) is 5.91 Å². The predicted octanol–water partition coefficient (Wildman–Crippen LogP) is 2.86. The van der Waals surface area contributed by atoms with Crippen LogP contribution in [0.1, 0.15) is 45.1 Å². The van der Waals surface area contributed by atoms with Gasteiger partial charge in [-0.15, -0.1) is 0 Å². The summed E-state index contributed by atoms with van der Waals surface area (Å²) in [5.74, 6) is 0.994. The third-order valence-corrected chi connectivity index (χ3v) is 6.22. The molecule has 1 aliphatic carbocycles. The smallest absolute Gasteiger partial charge is 0.274 e. The number of fused-ring (bicyclic) bond motifs is 2. The van der Waals surface area contributed by atoms with Crippen molar-refractivity contribution in [2.75, 3.05) is 6.54 Å². The summed E-state index contributed by atoms with van der Waals surface area (Å²) in [5.41, 5.74) is 5.53. The van der Waals surface area contributed by atoms with E-state index in [0.29, 0.717) is 24.8 Å². The van der Waals surface area contributed by atoms with Crippen molar-refractivity contribution in [3.8, 4) is 0 Å². The van der Waals surface area contributed by atoms with Crippen LogP contribution in [0.5, 0.6) is 0 Å². The van der Waals surface area contributed by atoms with Crippen LogP contribution in [0.15, 0.2) is 47.1 Å². The lowest BCUT2D eigenvalue weighted by molar-refractivity contribution is 0.0726. The highest BCUT2D eigenvalue weighted by Gasteiger charge is 2.31. The van der Waals surface area contributed by atoms with Crippen molar-refractivity contribution in [2.24, 2.45) is 7.05 Å². The number of amides is 1. The minimum absolute atomic E-state index is 0.0584. The Hall–Kier alpha value is -2.86. The van der Waals surface area contributed by atoms with Crippen LogP contribution in [-0.2, 0) is 39.4 Å². The van der Waals surface area contributed by atoms with Gasteiger partial charge in [0.1, 0.15) is 5.76 Å². The molecular weight excluding hydrogens is 364 g/mol. The molecule has 6 nitrogen and oxygen atoms in total. The summed E-state index contributed by atoms with van der Waals surface area (Å²) in [4.78, 5) is 15.3. The van der Waals surface area contributed by atoms with E-state index in [1.807, 2.05) is 34.8 Å². The molecule has 0 saturated heterocycles. The van der Waals surface area contributed by atoms with E-state index in [4.69, 9.17) is 4.42 Å². The average Bonchev–Trinajstić information content (AvgIpc) is 3.39. The highest BCUT2D eigenvalue weighted by Crippen LogP contribution is 2.27. The van der Waals surface area contributed by atoms with Crippen molar-refractivity contribution in [1.82, 2.24) is 20.0 Å². The SMILES string of the molecule is Cn1nc(C(=O)N2CCc3ccccc3C2)c2c1CCC(NCc1ccco1)C2. The zero-order valence-corrected chi connectivity index (χ0v) is 16.7. The Morgan fingerprint density at radius 1 is 1.21 bits per heavy atom. The van der Waals surface area contributed by atoms with E-state index in [2.05, 4.69) is 28.6 Å². The molecule has 0 saturated carbocycles. The number of rotatable bonds is 4. The molecule has 6 heteroatoms. The molecule has 5 rings (SSSR count). The number of aromatic nitrogens is 2. The first-order valence-electron chi connectivity index (χ1n) is 10.4. The number of nitrogens with zero attached hydrogens (tertiary/aromatic N) is 3. The number of hydrogen-bond acceptors (Lipinski definition) is 4. The molecule has 0 radical (unpaired) electrons. The van der Waals surface area contributed by atoms with Gasteiger partial charge in [-0.3, -0.25) is 9.48 Å². The van der Waals surface area contributed by atoms with Gasteiger partial charge in [0.15, 0.2) is 5.69 Å². The Morgan fingerprint density at radius 2 is 2.07 bits per heavy atom. The van der Waals surface area contributed by atoms with Crippen molar-refractivity contribution in [1.29, 1.82) is 0 Å². The lowest BCUT2D eigenvalue weighted by atomic mass is 9.90. The quantitative estimate of drug-likeness (QED) is 0.744. The fourth-order valence-electron chi connectivity index (χ4n) is 4.61. The van der Waals surface area contributed by atoms with Crippen LogP contribution in [0.4, 0.5) is 0 Å². The Balaban J connectivity index is 1.33. The number of nitrogens with one attached hydrogen (secondary N) is 1. The summed E-state index contributed by atoms with van der Waals surface area (Å²) in [7, 11) is 1.96. The van der Waals surface area contributed by atoms with Gasteiger partial charge in [-0.1, -0.05) is 24.3 Å². The highest BCUT2D eigenvalue weighted by molar-refractivity contribution is 5.94. The van der Waals surface area contributed by atoms with Crippen LogP contribution in [0, 0.1) is 0 Å². The molecule has 2 aliphatic rings. The summed E-state index contributed by atoms with van der Waals surface area (Å²) in [5, 5.41) is 8.22. The number of furan rings is 1. The average molecular weight is 390 g/mol. The first-order valence-corrected chi connectivity index (χ1v) is 10.4. The zero-order valence-electron chi connectivity index (χ0n) is 16.7. The number of aryl methyl sites for hydroxylation is 1. The Bertz CT molecular complexity index is 1020. The van der Waals surface area contributed by atoms with E-state index in [9.17, 15) is 4.79 Å². The Kier molecular flexibility index (Phi) is 4.72. The maximum Gasteiger partial charge on any atom is 0.274 e. The van der Waals surface area contributed by atoms with E-state index >= 15 is 0 Å². The number of benzene rings is 1.